The van der Waals surface area contributed by atoms with E-state index in [1.165, 1.54) is 12.1 Å². The van der Waals surface area contributed by atoms with Gasteiger partial charge in [0.15, 0.2) is 0 Å². The molecule has 1 radical (unpaired) electrons. The van der Waals surface area contributed by atoms with Crippen molar-refractivity contribution in [3.63, 3.8) is 0 Å². The van der Waals surface area contributed by atoms with Crippen LogP contribution in [-0.4, -0.2) is 25.9 Å². The monoisotopic (exact) mass is 302 g/mol. The molecule has 9 heteroatoms. The lowest BCUT2D eigenvalue weighted by atomic mass is 10.1. The van der Waals surface area contributed by atoms with E-state index in [1.54, 1.807) is 0 Å². The molecule has 0 aromatic heterocycles. The minimum absolute atomic E-state index is 0.0442. The van der Waals surface area contributed by atoms with E-state index in [1.807, 2.05) is 0 Å². The van der Waals surface area contributed by atoms with E-state index in [0.29, 0.717) is 6.07 Å². The van der Waals surface area contributed by atoms with Crippen LogP contribution in [-0.2, 0) is 20.2 Å². The Morgan fingerprint density at radius 2 is 1.63 bits per heavy atom. The molecule has 0 saturated heterocycles. The van der Waals surface area contributed by atoms with Gasteiger partial charge in [0.1, 0.15) is 4.90 Å². The zero-order valence-electron chi connectivity index (χ0n) is 9.23. The van der Waals surface area contributed by atoms with Crippen LogP contribution in [0.3, 0.4) is 0 Å². The van der Waals surface area contributed by atoms with Gasteiger partial charge in [0.2, 0.25) is 0 Å². The summed E-state index contributed by atoms with van der Waals surface area (Å²) in [6.45, 7) is 0. The molecule has 101 valence electrons. The second kappa shape index (κ2) is 4.17. The SMILES string of the molecule is Nc1[c]c2cc(S(=O)(=O)O)cc(S(=O)(=O)O)c2cc1. The maximum Gasteiger partial charge on any atom is 0.295 e. The van der Waals surface area contributed by atoms with E-state index < -0.39 is 30.0 Å². The second-order valence-electron chi connectivity index (χ2n) is 3.75. The van der Waals surface area contributed by atoms with Crippen LogP contribution in [0.25, 0.3) is 10.8 Å². The van der Waals surface area contributed by atoms with Gasteiger partial charge in [0.05, 0.1) is 4.90 Å². The quantitative estimate of drug-likeness (QED) is 0.549. The first-order valence-electron chi connectivity index (χ1n) is 4.79. The van der Waals surface area contributed by atoms with Gasteiger partial charge in [-0.05, 0) is 23.6 Å². The van der Waals surface area contributed by atoms with Crippen molar-refractivity contribution < 1.29 is 25.9 Å². The van der Waals surface area contributed by atoms with E-state index in [0.717, 1.165) is 6.07 Å². The highest BCUT2D eigenvalue weighted by Crippen LogP contribution is 2.28. The van der Waals surface area contributed by atoms with Crippen LogP contribution in [0.15, 0.2) is 34.1 Å². The van der Waals surface area contributed by atoms with E-state index in [9.17, 15) is 16.8 Å². The van der Waals surface area contributed by atoms with Crippen LogP contribution in [0, 0.1) is 6.07 Å². The molecule has 0 aliphatic heterocycles. The lowest BCUT2D eigenvalue weighted by Crippen LogP contribution is -2.04. The molecule has 0 saturated carbocycles. The van der Waals surface area contributed by atoms with Gasteiger partial charge in [-0.25, -0.2) is 0 Å². The van der Waals surface area contributed by atoms with Crippen molar-refractivity contribution in [2.45, 2.75) is 9.79 Å². The van der Waals surface area contributed by atoms with Crippen LogP contribution in [0.2, 0.25) is 0 Å². The zero-order valence-corrected chi connectivity index (χ0v) is 10.9. The Morgan fingerprint density at radius 3 is 2.16 bits per heavy atom. The Morgan fingerprint density at radius 1 is 1.00 bits per heavy atom. The molecule has 0 unspecified atom stereocenters. The van der Waals surface area contributed by atoms with Crippen LogP contribution < -0.4 is 5.73 Å². The zero-order chi connectivity index (χ0) is 14.4. The molecule has 0 atom stereocenters. The minimum Gasteiger partial charge on any atom is -0.398 e. The van der Waals surface area contributed by atoms with Crippen LogP contribution >= 0.6 is 0 Å². The van der Waals surface area contributed by atoms with Gasteiger partial charge in [0, 0.05) is 17.1 Å². The Labute approximate surface area is 109 Å². The van der Waals surface area contributed by atoms with Gasteiger partial charge in [-0.15, -0.1) is 0 Å². The Hall–Kier alpha value is -1.68. The van der Waals surface area contributed by atoms with Crippen molar-refractivity contribution in [2.75, 3.05) is 5.73 Å². The Bertz CT molecular complexity index is 870. The molecule has 0 bridgehead atoms. The van der Waals surface area contributed by atoms with Gasteiger partial charge in [-0.2, -0.15) is 16.8 Å². The first-order valence-corrected chi connectivity index (χ1v) is 7.67. The summed E-state index contributed by atoms with van der Waals surface area (Å²) in [5.41, 5.74) is 5.62. The number of nitrogen functional groups attached to an aromatic ring is 1. The van der Waals surface area contributed by atoms with E-state index in [-0.39, 0.29) is 16.5 Å². The fraction of sp³-hybridized carbons (Fsp3) is 0. The van der Waals surface area contributed by atoms with Gasteiger partial charge < -0.3 is 5.73 Å². The molecule has 2 rings (SSSR count). The fourth-order valence-electron chi connectivity index (χ4n) is 1.61. The summed E-state index contributed by atoms with van der Waals surface area (Å²) in [5, 5.41) is 0.0897. The Balaban J connectivity index is 3.01. The van der Waals surface area contributed by atoms with Crippen molar-refractivity contribution in [3.05, 3.63) is 30.3 Å². The molecule has 0 heterocycles. The van der Waals surface area contributed by atoms with E-state index in [4.69, 9.17) is 14.8 Å². The molecule has 7 nitrogen and oxygen atoms in total. The van der Waals surface area contributed by atoms with Crippen molar-refractivity contribution in [2.24, 2.45) is 0 Å². The molecule has 2 aromatic rings. The highest BCUT2D eigenvalue weighted by Gasteiger charge is 2.20. The van der Waals surface area contributed by atoms with Crippen molar-refractivity contribution >= 4 is 36.7 Å². The number of anilines is 1. The smallest absolute Gasteiger partial charge is 0.295 e. The number of fused-ring (bicyclic) bond motifs is 1. The lowest BCUT2D eigenvalue weighted by molar-refractivity contribution is 0.482. The maximum absolute atomic E-state index is 11.2. The molecular formula is C10H8NO6S2. The number of hydrogen-bond donors (Lipinski definition) is 3. The maximum atomic E-state index is 11.2. The second-order valence-corrected chi connectivity index (χ2v) is 6.56. The lowest BCUT2D eigenvalue weighted by Gasteiger charge is -2.07. The first-order chi connectivity index (χ1) is 8.59. The largest absolute Gasteiger partial charge is 0.398 e. The Kier molecular flexibility index (Phi) is 3.01. The molecular weight excluding hydrogens is 294 g/mol. The standard InChI is InChI=1S/C10H8NO6S2/c11-7-1-2-9-6(3-7)4-8(18(12,13)14)5-10(9)19(15,16)17/h1-2,4-5H,11H2,(H,12,13,14)(H,15,16,17). The average Bonchev–Trinajstić information content (AvgIpc) is 2.24. The van der Waals surface area contributed by atoms with Crippen molar-refractivity contribution in [3.8, 4) is 0 Å². The normalized spacial score (nSPS) is 12.7. The van der Waals surface area contributed by atoms with Crippen LogP contribution in [0.4, 0.5) is 5.69 Å². The molecule has 0 aliphatic carbocycles. The first kappa shape index (κ1) is 13.7. The topological polar surface area (TPSA) is 135 Å². The van der Waals surface area contributed by atoms with Gasteiger partial charge >= 0.3 is 0 Å². The predicted octanol–water partition coefficient (Wildman–Crippen LogP) is 0.716. The summed E-state index contributed by atoms with van der Waals surface area (Å²) in [6, 6.07) is 6.87. The summed E-state index contributed by atoms with van der Waals surface area (Å²) in [7, 11) is -9.29. The highest BCUT2D eigenvalue weighted by molar-refractivity contribution is 7.86. The molecule has 19 heavy (non-hydrogen) atoms. The third-order valence-corrected chi connectivity index (χ3v) is 4.12. The highest BCUT2D eigenvalue weighted by atomic mass is 32.2. The third-order valence-electron chi connectivity index (χ3n) is 2.40. The third kappa shape index (κ3) is 2.68. The molecule has 2 aromatic carbocycles. The molecule has 0 spiro atoms. The summed E-state index contributed by atoms with van der Waals surface area (Å²) in [6.07, 6.45) is 0. The van der Waals surface area contributed by atoms with Crippen LogP contribution in [0.5, 0.6) is 0 Å². The van der Waals surface area contributed by atoms with Gasteiger partial charge in [0.25, 0.3) is 20.2 Å². The molecule has 0 amide bonds. The predicted molar refractivity (Wildman–Crippen MR) is 66.8 cm³/mol. The van der Waals surface area contributed by atoms with E-state index >= 15 is 0 Å². The van der Waals surface area contributed by atoms with Crippen molar-refractivity contribution in [1.82, 2.24) is 0 Å². The summed E-state index contributed by atoms with van der Waals surface area (Å²) >= 11 is 0. The van der Waals surface area contributed by atoms with E-state index in [2.05, 4.69) is 6.07 Å². The number of hydrogen-bond acceptors (Lipinski definition) is 5. The molecule has 0 aliphatic rings. The summed E-state index contributed by atoms with van der Waals surface area (Å²) < 4.78 is 62.7. The average molecular weight is 302 g/mol. The molecule has 4 N–H and O–H groups in total. The van der Waals surface area contributed by atoms with Crippen LogP contribution in [0.1, 0.15) is 0 Å². The number of benzene rings is 2. The summed E-state index contributed by atoms with van der Waals surface area (Å²) in [5.74, 6) is 0. The summed E-state index contributed by atoms with van der Waals surface area (Å²) in [4.78, 5) is -1.32. The van der Waals surface area contributed by atoms with Crippen molar-refractivity contribution in [1.29, 1.82) is 0 Å². The minimum atomic E-state index is -4.66. The number of nitrogens with two attached hydrogens (primary N) is 1. The van der Waals surface area contributed by atoms with Gasteiger partial charge in [-0.3, -0.25) is 9.11 Å². The van der Waals surface area contributed by atoms with Gasteiger partial charge in [-0.1, -0.05) is 6.07 Å². The number of rotatable bonds is 2. The fourth-order valence-corrected chi connectivity index (χ4v) is 2.95. The molecule has 0 fully saturated rings.